The second-order valence-corrected chi connectivity index (χ2v) is 4.56. The van der Waals surface area contributed by atoms with Gasteiger partial charge in [-0.25, -0.2) is 4.39 Å². The summed E-state index contributed by atoms with van der Waals surface area (Å²) in [6.45, 7) is 0. The summed E-state index contributed by atoms with van der Waals surface area (Å²) in [6.07, 6.45) is 4.42. The van der Waals surface area contributed by atoms with Crippen molar-refractivity contribution in [3.63, 3.8) is 0 Å². The maximum Gasteiger partial charge on any atom is 0.169 e. The van der Waals surface area contributed by atoms with Crippen LogP contribution in [-0.2, 0) is 0 Å². The van der Waals surface area contributed by atoms with Crippen LogP contribution in [0.15, 0.2) is 6.07 Å². The monoisotopic (exact) mass is 243 g/mol. The minimum absolute atomic E-state index is 0.0605. The van der Waals surface area contributed by atoms with Gasteiger partial charge in [0.25, 0.3) is 0 Å². The minimum atomic E-state index is -0.550. The Labute approximate surface area is 98.9 Å². The van der Waals surface area contributed by atoms with E-state index in [0.717, 1.165) is 12.8 Å². The molecular weight excluding hydrogens is 229 g/mol. The Morgan fingerprint density at radius 3 is 2.50 bits per heavy atom. The fraction of sp³-hybridized carbons (Fsp3) is 0.455. The molecule has 0 spiro atoms. The van der Waals surface area contributed by atoms with Gasteiger partial charge in [0.1, 0.15) is 5.02 Å². The summed E-state index contributed by atoms with van der Waals surface area (Å²) < 4.78 is 13.8. The quantitative estimate of drug-likeness (QED) is 0.700. The van der Waals surface area contributed by atoms with E-state index in [-0.39, 0.29) is 22.4 Å². The molecule has 0 saturated heterocycles. The topological polar surface area (TPSA) is 64.1 Å². The number of halogens is 2. The van der Waals surface area contributed by atoms with Gasteiger partial charge in [0, 0.05) is 6.04 Å². The standard InChI is InChI=1S/C11H15ClFN3/c12-9-7(14)5-8(15)11(10(9)13)16-6-3-1-2-4-6/h5-6,16H,1-4,14-15H2. The number of hydrogen-bond acceptors (Lipinski definition) is 3. The third kappa shape index (κ3) is 2.02. The van der Waals surface area contributed by atoms with E-state index < -0.39 is 5.82 Å². The molecule has 0 bridgehead atoms. The summed E-state index contributed by atoms with van der Waals surface area (Å²) in [5, 5.41) is 3.04. The van der Waals surface area contributed by atoms with Crippen LogP contribution >= 0.6 is 11.6 Å². The van der Waals surface area contributed by atoms with Crippen molar-refractivity contribution in [1.29, 1.82) is 0 Å². The third-order valence-electron chi connectivity index (χ3n) is 2.97. The number of nitrogens with one attached hydrogen (secondary N) is 1. The predicted octanol–water partition coefficient (Wildman–Crippen LogP) is 3.00. The molecule has 1 aromatic carbocycles. The first kappa shape index (κ1) is 11.3. The van der Waals surface area contributed by atoms with Crippen molar-refractivity contribution in [2.45, 2.75) is 31.7 Å². The number of nitrogens with two attached hydrogens (primary N) is 2. The molecular formula is C11H15ClFN3. The molecule has 0 radical (unpaired) electrons. The Hall–Kier alpha value is -1.16. The van der Waals surface area contributed by atoms with E-state index in [9.17, 15) is 4.39 Å². The first-order chi connectivity index (χ1) is 7.59. The lowest BCUT2D eigenvalue weighted by molar-refractivity contribution is 0.626. The van der Waals surface area contributed by atoms with Crippen molar-refractivity contribution >= 4 is 28.7 Å². The molecule has 16 heavy (non-hydrogen) atoms. The zero-order valence-electron chi connectivity index (χ0n) is 8.89. The van der Waals surface area contributed by atoms with Crippen molar-refractivity contribution in [3.05, 3.63) is 16.9 Å². The van der Waals surface area contributed by atoms with E-state index in [4.69, 9.17) is 23.1 Å². The van der Waals surface area contributed by atoms with Crippen molar-refractivity contribution in [1.82, 2.24) is 0 Å². The van der Waals surface area contributed by atoms with Gasteiger partial charge in [-0.05, 0) is 18.9 Å². The average molecular weight is 244 g/mol. The largest absolute Gasteiger partial charge is 0.397 e. The summed E-state index contributed by atoms with van der Waals surface area (Å²) in [7, 11) is 0. The summed E-state index contributed by atoms with van der Waals surface area (Å²) >= 11 is 5.74. The van der Waals surface area contributed by atoms with E-state index in [1.165, 1.54) is 18.9 Å². The van der Waals surface area contributed by atoms with Crippen LogP contribution in [0.3, 0.4) is 0 Å². The van der Waals surface area contributed by atoms with Gasteiger partial charge in [0.15, 0.2) is 5.82 Å². The highest BCUT2D eigenvalue weighted by atomic mass is 35.5. The van der Waals surface area contributed by atoms with Crippen molar-refractivity contribution in [3.8, 4) is 0 Å². The van der Waals surface area contributed by atoms with Crippen molar-refractivity contribution in [2.24, 2.45) is 0 Å². The fourth-order valence-electron chi connectivity index (χ4n) is 2.09. The van der Waals surface area contributed by atoms with Gasteiger partial charge in [-0.1, -0.05) is 24.4 Å². The molecule has 1 aromatic rings. The number of rotatable bonds is 2. The molecule has 0 aromatic heterocycles. The first-order valence-corrected chi connectivity index (χ1v) is 5.77. The number of anilines is 3. The van der Waals surface area contributed by atoms with E-state index in [1.807, 2.05) is 0 Å². The molecule has 0 aliphatic heterocycles. The molecule has 5 heteroatoms. The Bertz CT molecular complexity index is 403. The molecule has 1 aliphatic carbocycles. The fourth-order valence-corrected chi connectivity index (χ4v) is 2.24. The zero-order valence-corrected chi connectivity index (χ0v) is 9.65. The highest BCUT2D eigenvalue weighted by molar-refractivity contribution is 6.33. The van der Waals surface area contributed by atoms with E-state index >= 15 is 0 Å². The van der Waals surface area contributed by atoms with Crippen LogP contribution in [0.25, 0.3) is 0 Å². The maximum atomic E-state index is 13.8. The Morgan fingerprint density at radius 1 is 1.25 bits per heavy atom. The van der Waals surface area contributed by atoms with Gasteiger partial charge in [0.2, 0.25) is 0 Å². The number of nitrogen functional groups attached to an aromatic ring is 2. The lowest BCUT2D eigenvalue weighted by Crippen LogP contribution is -2.17. The molecule has 1 aliphatic rings. The zero-order chi connectivity index (χ0) is 11.7. The summed E-state index contributed by atoms with van der Waals surface area (Å²) in [6, 6.07) is 1.78. The molecule has 88 valence electrons. The number of hydrogen-bond donors (Lipinski definition) is 3. The molecule has 0 atom stereocenters. The molecule has 0 heterocycles. The highest BCUT2D eigenvalue weighted by Crippen LogP contribution is 2.35. The van der Waals surface area contributed by atoms with E-state index in [0.29, 0.717) is 5.69 Å². The summed E-state index contributed by atoms with van der Waals surface area (Å²) in [5.74, 6) is -0.550. The summed E-state index contributed by atoms with van der Waals surface area (Å²) in [4.78, 5) is 0. The molecule has 1 saturated carbocycles. The van der Waals surface area contributed by atoms with Gasteiger partial charge in [-0.15, -0.1) is 0 Å². The average Bonchev–Trinajstić information content (AvgIpc) is 2.74. The predicted molar refractivity (Wildman–Crippen MR) is 66.1 cm³/mol. The van der Waals surface area contributed by atoms with Crippen LogP contribution < -0.4 is 16.8 Å². The Kier molecular flexibility index (Phi) is 3.10. The lowest BCUT2D eigenvalue weighted by Gasteiger charge is -2.17. The first-order valence-electron chi connectivity index (χ1n) is 5.39. The van der Waals surface area contributed by atoms with E-state index in [2.05, 4.69) is 5.32 Å². The van der Waals surface area contributed by atoms with E-state index in [1.54, 1.807) is 0 Å². The highest BCUT2D eigenvalue weighted by Gasteiger charge is 2.20. The smallest absolute Gasteiger partial charge is 0.169 e. The SMILES string of the molecule is Nc1cc(N)c(NC2CCCC2)c(F)c1Cl. The Morgan fingerprint density at radius 2 is 1.88 bits per heavy atom. The normalized spacial score (nSPS) is 16.6. The van der Waals surface area contributed by atoms with Gasteiger partial charge in [-0.2, -0.15) is 0 Å². The van der Waals surface area contributed by atoms with Gasteiger partial charge in [-0.3, -0.25) is 0 Å². The van der Waals surface area contributed by atoms with Crippen LogP contribution in [0.5, 0.6) is 0 Å². The molecule has 1 fully saturated rings. The van der Waals surface area contributed by atoms with Crippen molar-refractivity contribution in [2.75, 3.05) is 16.8 Å². The van der Waals surface area contributed by atoms with Crippen LogP contribution in [0, 0.1) is 5.82 Å². The molecule has 0 unspecified atom stereocenters. The lowest BCUT2D eigenvalue weighted by atomic mass is 10.2. The van der Waals surface area contributed by atoms with Crippen LogP contribution in [0.1, 0.15) is 25.7 Å². The molecule has 5 N–H and O–H groups in total. The van der Waals surface area contributed by atoms with Gasteiger partial charge in [0.05, 0.1) is 17.1 Å². The molecule has 3 nitrogen and oxygen atoms in total. The van der Waals surface area contributed by atoms with Crippen LogP contribution in [-0.4, -0.2) is 6.04 Å². The molecule has 2 rings (SSSR count). The van der Waals surface area contributed by atoms with Crippen LogP contribution in [0.4, 0.5) is 21.5 Å². The van der Waals surface area contributed by atoms with Gasteiger partial charge >= 0.3 is 0 Å². The van der Waals surface area contributed by atoms with Crippen LogP contribution in [0.2, 0.25) is 5.02 Å². The maximum absolute atomic E-state index is 13.8. The molecule has 0 amide bonds. The second-order valence-electron chi connectivity index (χ2n) is 4.18. The third-order valence-corrected chi connectivity index (χ3v) is 3.35. The number of benzene rings is 1. The Balaban J connectivity index is 2.28. The minimum Gasteiger partial charge on any atom is -0.397 e. The summed E-state index contributed by atoms with van der Waals surface area (Å²) in [5.41, 5.74) is 12.0. The van der Waals surface area contributed by atoms with Gasteiger partial charge < -0.3 is 16.8 Å². The van der Waals surface area contributed by atoms with Crippen molar-refractivity contribution < 1.29 is 4.39 Å². The second kappa shape index (κ2) is 4.37.